The molecule has 0 aliphatic carbocycles. The van der Waals surface area contributed by atoms with Gasteiger partial charge in [0.05, 0.1) is 0 Å². The van der Waals surface area contributed by atoms with Crippen molar-refractivity contribution in [3.8, 4) is 0 Å². The van der Waals surface area contributed by atoms with Gasteiger partial charge in [0.2, 0.25) is 0 Å². The Morgan fingerprint density at radius 3 is 2.25 bits per heavy atom. The molecule has 1 unspecified atom stereocenters. The van der Waals surface area contributed by atoms with Gasteiger partial charge in [-0.15, -0.1) is 0 Å². The molecule has 0 N–H and O–H groups in total. The lowest BCUT2D eigenvalue weighted by Gasteiger charge is -2.14. The van der Waals surface area contributed by atoms with Crippen LogP contribution in [0.2, 0.25) is 0 Å². The predicted octanol–water partition coefficient (Wildman–Crippen LogP) is 3.61. The minimum Gasteiger partial charge on any atom is -0.295 e. The Labute approximate surface area is 96.7 Å². The minimum absolute atomic E-state index is 0.0413. The number of carbonyl (C=O) groups is 2. The zero-order chi connectivity index (χ0) is 12.3. The number of Topliss-reactive ketones (excluding diaryl/α,β-unsaturated/α-hetero) is 2. The summed E-state index contributed by atoms with van der Waals surface area (Å²) in [5.41, 5.74) is 2.40. The molecule has 0 radical (unpaired) electrons. The van der Waals surface area contributed by atoms with E-state index in [0.29, 0.717) is 11.5 Å². The van der Waals surface area contributed by atoms with Gasteiger partial charge in [-0.3, -0.25) is 9.59 Å². The zero-order valence-corrected chi connectivity index (χ0v) is 10.3. The molecule has 0 amide bonds. The summed E-state index contributed by atoms with van der Waals surface area (Å²) in [5, 5.41) is 0. The maximum Gasteiger partial charge on any atom is 0.160 e. The van der Waals surface area contributed by atoms with Gasteiger partial charge >= 0.3 is 0 Å². The highest BCUT2D eigenvalue weighted by Gasteiger charge is 2.14. The molecule has 86 valence electrons. The molecule has 2 heteroatoms. The average molecular weight is 218 g/mol. The Balaban J connectivity index is 3.32. The van der Waals surface area contributed by atoms with Crippen LogP contribution in [0, 0.1) is 0 Å². The summed E-state index contributed by atoms with van der Waals surface area (Å²) in [6.45, 7) is 7.26. The Bertz CT molecular complexity index is 419. The number of rotatable bonds is 4. The van der Waals surface area contributed by atoms with Gasteiger partial charge < -0.3 is 0 Å². The third-order valence-electron chi connectivity index (χ3n) is 2.98. The molecule has 0 saturated carbocycles. The maximum absolute atomic E-state index is 11.5. The highest BCUT2D eigenvalue weighted by atomic mass is 16.1. The van der Waals surface area contributed by atoms with Gasteiger partial charge in [0.15, 0.2) is 11.6 Å². The summed E-state index contributed by atoms with van der Waals surface area (Å²) in [6.07, 6.45) is 0.960. The van der Waals surface area contributed by atoms with Crippen molar-refractivity contribution < 1.29 is 9.59 Å². The molecule has 0 aliphatic rings. The molecule has 1 aromatic carbocycles. The second kappa shape index (κ2) is 5.06. The summed E-state index contributed by atoms with van der Waals surface area (Å²) < 4.78 is 0. The number of carbonyl (C=O) groups excluding carboxylic acids is 2. The fourth-order valence-electron chi connectivity index (χ4n) is 1.73. The van der Waals surface area contributed by atoms with E-state index in [1.54, 1.807) is 26.0 Å². The first-order chi connectivity index (χ1) is 7.47. The molecule has 1 rings (SSSR count). The van der Waals surface area contributed by atoms with Crippen LogP contribution in [0.15, 0.2) is 18.2 Å². The van der Waals surface area contributed by atoms with Crippen LogP contribution in [0.25, 0.3) is 0 Å². The second-order valence-corrected chi connectivity index (χ2v) is 4.22. The molecule has 0 fully saturated rings. The summed E-state index contributed by atoms with van der Waals surface area (Å²) in [4.78, 5) is 22.8. The molecule has 0 heterocycles. The molecule has 0 bridgehead atoms. The van der Waals surface area contributed by atoms with Crippen LogP contribution in [0.4, 0.5) is 0 Å². The molecule has 0 aliphatic heterocycles. The van der Waals surface area contributed by atoms with Gasteiger partial charge in [-0.05, 0) is 37.8 Å². The van der Waals surface area contributed by atoms with Crippen molar-refractivity contribution in [2.75, 3.05) is 0 Å². The van der Waals surface area contributed by atoms with Crippen molar-refractivity contribution in [3.63, 3.8) is 0 Å². The van der Waals surface area contributed by atoms with Gasteiger partial charge in [-0.2, -0.15) is 0 Å². The maximum atomic E-state index is 11.5. The Kier molecular flexibility index (Phi) is 3.99. The van der Waals surface area contributed by atoms with Crippen LogP contribution >= 0.6 is 0 Å². The Morgan fingerprint density at radius 2 is 1.81 bits per heavy atom. The lowest BCUT2D eigenvalue weighted by molar-refractivity contribution is 0.100. The number of ketones is 2. The average Bonchev–Trinajstić information content (AvgIpc) is 2.26. The normalized spacial score (nSPS) is 12.2. The molecular formula is C14H18O2. The van der Waals surface area contributed by atoms with E-state index in [1.807, 2.05) is 6.07 Å². The number of hydrogen-bond donors (Lipinski definition) is 0. The van der Waals surface area contributed by atoms with Crippen LogP contribution in [0.5, 0.6) is 0 Å². The molecule has 0 spiro atoms. The molecule has 16 heavy (non-hydrogen) atoms. The van der Waals surface area contributed by atoms with Crippen molar-refractivity contribution in [2.24, 2.45) is 0 Å². The SMILES string of the molecule is CCC(C)c1cc(C(C)=O)ccc1C(C)=O. The van der Waals surface area contributed by atoms with Gasteiger partial charge in [-0.1, -0.05) is 26.0 Å². The molecule has 0 aromatic heterocycles. The smallest absolute Gasteiger partial charge is 0.160 e. The predicted molar refractivity (Wildman–Crippen MR) is 65.2 cm³/mol. The van der Waals surface area contributed by atoms with Gasteiger partial charge in [-0.25, -0.2) is 0 Å². The molecular weight excluding hydrogens is 200 g/mol. The lowest BCUT2D eigenvalue weighted by Crippen LogP contribution is -2.05. The van der Waals surface area contributed by atoms with E-state index in [0.717, 1.165) is 17.5 Å². The van der Waals surface area contributed by atoms with Crippen molar-refractivity contribution in [1.29, 1.82) is 0 Å². The van der Waals surface area contributed by atoms with E-state index >= 15 is 0 Å². The first-order valence-corrected chi connectivity index (χ1v) is 5.63. The quantitative estimate of drug-likeness (QED) is 0.723. The summed E-state index contributed by atoms with van der Waals surface area (Å²) >= 11 is 0. The van der Waals surface area contributed by atoms with Crippen LogP contribution < -0.4 is 0 Å². The van der Waals surface area contributed by atoms with Crippen molar-refractivity contribution in [3.05, 3.63) is 34.9 Å². The van der Waals surface area contributed by atoms with E-state index < -0.39 is 0 Å². The first kappa shape index (κ1) is 12.6. The van der Waals surface area contributed by atoms with E-state index in [1.165, 1.54) is 0 Å². The largest absolute Gasteiger partial charge is 0.295 e. The fraction of sp³-hybridized carbons (Fsp3) is 0.429. The highest BCUT2D eigenvalue weighted by molar-refractivity contribution is 5.99. The van der Waals surface area contributed by atoms with E-state index in [4.69, 9.17) is 0 Å². The molecule has 2 nitrogen and oxygen atoms in total. The van der Waals surface area contributed by atoms with Crippen LogP contribution in [-0.2, 0) is 0 Å². The number of hydrogen-bond acceptors (Lipinski definition) is 2. The monoisotopic (exact) mass is 218 g/mol. The topological polar surface area (TPSA) is 34.1 Å². The molecule has 1 aromatic rings. The zero-order valence-electron chi connectivity index (χ0n) is 10.3. The Morgan fingerprint density at radius 1 is 1.19 bits per heavy atom. The van der Waals surface area contributed by atoms with Crippen LogP contribution in [0.3, 0.4) is 0 Å². The lowest BCUT2D eigenvalue weighted by atomic mass is 9.90. The van der Waals surface area contributed by atoms with Gasteiger partial charge in [0, 0.05) is 11.1 Å². The third kappa shape index (κ3) is 2.57. The first-order valence-electron chi connectivity index (χ1n) is 5.63. The molecule has 1 atom stereocenters. The number of benzene rings is 1. The van der Waals surface area contributed by atoms with Crippen LogP contribution in [0.1, 0.15) is 66.3 Å². The van der Waals surface area contributed by atoms with Crippen molar-refractivity contribution >= 4 is 11.6 Å². The second-order valence-electron chi connectivity index (χ2n) is 4.22. The summed E-state index contributed by atoms with van der Waals surface area (Å²) in [6, 6.07) is 5.35. The highest BCUT2D eigenvalue weighted by Crippen LogP contribution is 2.24. The van der Waals surface area contributed by atoms with Gasteiger partial charge in [0.25, 0.3) is 0 Å². The van der Waals surface area contributed by atoms with E-state index in [-0.39, 0.29) is 11.6 Å². The van der Waals surface area contributed by atoms with Crippen molar-refractivity contribution in [1.82, 2.24) is 0 Å². The standard InChI is InChI=1S/C14H18O2/c1-5-9(2)14-8-12(10(3)15)6-7-13(14)11(4)16/h6-9H,5H2,1-4H3. The third-order valence-corrected chi connectivity index (χ3v) is 2.98. The minimum atomic E-state index is 0.0413. The summed E-state index contributed by atoms with van der Waals surface area (Å²) in [7, 11) is 0. The van der Waals surface area contributed by atoms with Gasteiger partial charge in [0.1, 0.15) is 0 Å². The Hall–Kier alpha value is -1.44. The molecule has 0 saturated heterocycles. The van der Waals surface area contributed by atoms with E-state index in [2.05, 4.69) is 13.8 Å². The van der Waals surface area contributed by atoms with Crippen LogP contribution in [-0.4, -0.2) is 11.6 Å². The van der Waals surface area contributed by atoms with E-state index in [9.17, 15) is 9.59 Å². The fourth-order valence-corrected chi connectivity index (χ4v) is 1.73. The van der Waals surface area contributed by atoms with Crippen molar-refractivity contribution in [2.45, 2.75) is 40.0 Å². The summed E-state index contributed by atoms with van der Waals surface area (Å²) in [5.74, 6) is 0.406.